The average molecular weight is 480 g/mol. The largest absolute Gasteiger partial charge is 0.481 e. The molecule has 202 valence electrons. The Hall–Kier alpha value is -0.830. The van der Waals surface area contributed by atoms with Crippen molar-refractivity contribution in [3.05, 3.63) is 12.2 Å². The van der Waals surface area contributed by atoms with E-state index in [4.69, 9.17) is 5.11 Å². The van der Waals surface area contributed by atoms with Crippen LogP contribution in [0, 0.1) is 5.92 Å². The number of rotatable bonds is 27. The molecule has 1 unspecified atom stereocenters. The van der Waals surface area contributed by atoms with Crippen molar-refractivity contribution >= 4 is 5.97 Å². The summed E-state index contributed by atoms with van der Waals surface area (Å²) in [6, 6.07) is 0. The summed E-state index contributed by atoms with van der Waals surface area (Å²) in [6.45, 7) is 3.56. The fraction of sp³-hybridized carbons (Fsp3) is 0.903. The lowest BCUT2D eigenvalue weighted by Gasteiger charge is -2.19. The van der Waals surface area contributed by atoms with E-state index < -0.39 is 5.97 Å². The summed E-state index contributed by atoms with van der Waals surface area (Å²) in [4.78, 5) is 12.8. The Morgan fingerprint density at radius 3 is 1.56 bits per heavy atom. The molecule has 34 heavy (non-hydrogen) atoms. The zero-order valence-electron chi connectivity index (χ0n) is 23.5. The Morgan fingerprint density at radius 2 is 1.09 bits per heavy atom. The molecule has 0 aliphatic carbocycles. The lowest BCUT2D eigenvalue weighted by Crippen LogP contribution is -2.17. The molecular weight excluding hydrogens is 418 g/mol. The summed E-state index contributed by atoms with van der Waals surface area (Å²) in [6.07, 6.45) is 34.3. The van der Waals surface area contributed by atoms with Crippen LogP contribution in [0.1, 0.15) is 155 Å². The van der Waals surface area contributed by atoms with Gasteiger partial charge in [-0.3, -0.25) is 4.79 Å². The molecule has 0 fully saturated rings. The number of carboxylic acids is 1. The number of hydrogen-bond acceptors (Lipinski definition) is 2. The number of carbonyl (C=O) groups is 1. The molecule has 0 rings (SSSR count). The van der Waals surface area contributed by atoms with Crippen LogP contribution in [-0.2, 0) is 4.79 Å². The van der Waals surface area contributed by atoms with Gasteiger partial charge in [-0.2, -0.15) is 0 Å². The molecule has 0 saturated heterocycles. The second kappa shape index (κ2) is 26.8. The third kappa shape index (κ3) is 27.4. The molecule has 0 amide bonds. The minimum atomic E-state index is -0.661. The molecule has 3 heteroatoms. The van der Waals surface area contributed by atoms with Crippen molar-refractivity contribution in [3.8, 4) is 0 Å². The monoisotopic (exact) mass is 479 g/mol. The first-order valence-corrected chi connectivity index (χ1v) is 15.1. The van der Waals surface area contributed by atoms with Crippen molar-refractivity contribution in [1.29, 1.82) is 0 Å². The highest BCUT2D eigenvalue weighted by Crippen LogP contribution is 2.22. The van der Waals surface area contributed by atoms with Crippen LogP contribution in [0.4, 0.5) is 0 Å². The van der Waals surface area contributed by atoms with Crippen LogP contribution in [0.25, 0.3) is 0 Å². The zero-order chi connectivity index (χ0) is 25.1. The van der Waals surface area contributed by atoms with Crippen molar-refractivity contribution in [1.82, 2.24) is 4.90 Å². The maximum atomic E-state index is 10.5. The van der Waals surface area contributed by atoms with E-state index in [1.54, 1.807) is 0 Å². The Kier molecular flexibility index (Phi) is 26.1. The fourth-order valence-corrected chi connectivity index (χ4v) is 4.79. The smallest absolute Gasteiger partial charge is 0.303 e. The van der Waals surface area contributed by atoms with Gasteiger partial charge in [0.2, 0.25) is 0 Å². The molecule has 0 saturated carbocycles. The van der Waals surface area contributed by atoms with E-state index in [-0.39, 0.29) is 0 Å². The van der Waals surface area contributed by atoms with E-state index in [1.807, 2.05) is 0 Å². The van der Waals surface area contributed by atoms with Gasteiger partial charge in [-0.15, -0.1) is 0 Å². The van der Waals surface area contributed by atoms with Crippen molar-refractivity contribution in [3.63, 3.8) is 0 Å². The SMILES string of the molecule is CCCCCCC(CCCCCCCCCCC=CCCCCCCCC(=O)O)CCN(C)C. The predicted molar refractivity (Wildman–Crippen MR) is 151 cm³/mol. The highest BCUT2D eigenvalue weighted by Gasteiger charge is 2.09. The van der Waals surface area contributed by atoms with Crippen LogP contribution in [0.2, 0.25) is 0 Å². The van der Waals surface area contributed by atoms with Crippen molar-refractivity contribution < 1.29 is 9.90 Å². The van der Waals surface area contributed by atoms with E-state index >= 15 is 0 Å². The van der Waals surface area contributed by atoms with Gasteiger partial charge in [0.1, 0.15) is 0 Å². The molecule has 0 aromatic rings. The highest BCUT2D eigenvalue weighted by atomic mass is 16.4. The topological polar surface area (TPSA) is 40.5 Å². The summed E-state index contributed by atoms with van der Waals surface area (Å²) in [5.74, 6) is 0.294. The van der Waals surface area contributed by atoms with Gasteiger partial charge in [0.05, 0.1) is 0 Å². The van der Waals surface area contributed by atoms with Gasteiger partial charge in [-0.05, 0) is 65.1 Å². The summed E-state index contributed by atoms with van der Waals surface area (Å²) >= 11 is 0. The van der Waals surface area contributed by atoms with Gasteiger partial charge in [-0.1, -0.05) is 122 Å². The lowest BCUT2D eigenvalue weighted by atomic mass is 9.91. The normalized spacial score (nSPS) is 12.7. The molecule has 0 aromatic heterocycles. The van der Waals surface area contributed by atoms with Crippen LogP contribution in [-0.4, -0.2) is 36.6 Å². The van der Waals surface area contributed by atoms with Gasteiger partial charge in [0.25, 0.3) is 0 Å². The molecule has 0 aromatic carbocycles. The third-order valence-corrected chi connectivity index (χ3v) is 7.11. The van der Waals surface area contributed by atoms with Gasteiger partial charge >= 0.3 is 5.97 Å². The van der Waals surface area contributed by atoms with Gasteiger partial charge in [0.15, 0.2) is 0 Å². The van der Waals surface area contributed by atoms with E-state index in [0.29, 0.717) is 6.42 Å². The van der Waals surface area contributed by atoms with E-state index in [2.05, 4.69) is 38.1 Å². The van der Waals surface area contributed by atoms with E-state index in [9.17, 15) is 4.79 Å². The van der Waals surface area contributed by atoms with Crippen LogP contribution in [0.5, 0.6) is 0 Å². The van der Waals surface area contributed by atoms with Crippen LogP contribution in [0.15, 0.2) is 12.2 Å². The zero-order valence-corrected chi connectivity index (χ0v) is 23.5. The van der Waals surface area contributed by atoms with E-state index in [0.717, 1.165) is 18.8 Å². The number of aliphatic carboxylic acids is 1. The Morgan fingerprint density at radius 1 is 0.647 bits per heavy atom. The highest BCUT2D eigenvalue weighted by molar-refractivity contribution is 5.66. The maximum Gasteiger partial charge on any atom is 0.303 e. The standard InChI is InChI=1S/C31H61NO2/c1-4-5-6-22-25-30(28-29-32(2)3)26-23-20-18-16-14-12-10-8-7-9-11-13-15-17-19-21-24-27-31(33)34/h9,11,30H,4-8,10,12-29H2,1-3H3,(H,33,34). The molecule has 0 spiro atoms. The minimum Gasteiger partial charge on any atom is -0.481 e. The van der Waals surface area contributed by atoms with Crippen LogP contribution in [0.3, 0.4) is 0 Å². The first-order chi connectivity index (χ1) is 16.6. The van der Waals surface area contributed by atoms with Gasteiger partial charge in [-0.25, -0.2) is 0 Å². The van der Waals surface area contributed by atoms with Gasteiger partial charge in [0, 0.05) is 6.42 Å². The molecular formula is C31H61NO2. The number of carboxylic acid groups (broad SMARTS) is 1. The lowest BCUT2D eigenvalue weighted by molar-refractivity contribution is -0.137. The second-order valence-electron chi connectivity index (χ2n) is 10.9. The quantitative estimate of drug-likeness (QED) is 0.0941. The number of unbranched alkanes of at least 4 members (excludes halogenated alkanes) is 16. The van der Waals surface area contributed by atoms with Crippen molar-refractivity contribution in [2.24, 2.45) is 5.92 Å². The molecule has 0 radical (unpaired) electrons. The average Bonchev–Trinajstić information content (AvgIpc) is 2.80. The second-order valence-corrected chi connectivity index (χ2v) is 10.9. The first-order valence-electron chi connectivity index (χ1n) is 15.1. The molecule has 0 aliphatic heterocycles. The van der Waals surface area contributed by atoms with Crippen LogP contribution >= 0.6 is 0 Å². The Labute approximate surface area is 214 Å². The number of hydrogen-bond donors (Lipinski definition) is 1. The molecule has 3 nitrogen and oxygen atoms in total. The molecule has 1 atom stereocenters. The predicted octanol–water partition coefficient (Wildman–Crippen LogP) is 9.80. The fourth-order valence-electron chi connectivity index (χ4n) is 4.79. The van der Waals surface area contributed by atoms with Crippen molar-refractivity contribution in [2.75, 3.05) is 20.6 Å². The number of nitrogens with zero attached hydrogens (tertiary/aromatic N) is 1. The summed E-state index contributed by atoms with van der Waals surface area (Å²) in [5, 5.41) is 8.62. The molecule has 1 N–H and O–H groups in total. The van der Waals surface area contributed by atoms with E-state index in [1.165, 1.54) is 135 Å². The minimum absolute atomic E-state index is 0.330. The molecule has 0 aliphatic rings. The molecule has 0 heterocycles. The summed E-state index contributed by atoms with van der Waals surface area (Å²) in [5.41, 5.74) is 0. The molecule has 0 bridgehead atoms. The first kappa shape index (κ1) is 33.2. The maximum absolute atomic E-state index is 10.5. The van der Waals surface area contributed by atoms with Crippen molar-refractivity contribution in [2.45, 2.75) is 155 Å². The Bertz CT molecular complexity index is 447. The summed E-state index contributed by atoms with van der Waals surface area (Å²) < 4.78 is 0. The number of allylic oxidation sites excluding steroid dienone is 2. The summed E-state index contributed by atoms with van der Waals surface area (Å²) in [7, 11) is 4.42. The van der Waals surface area contributed by atoms with Gasteiger partial charge < -0.3 is 10.0 Å². The third-order valence-electron chi connectivity index (χ3n) is 7.11. The Balaban J connectivity index is 3.45. The van der Waals surface area contributed by atoms with Crippen LogP contribution < -0.4 is 0 Å².